The highest BCUT2D eigenvalue weighted by atomic mass is 15.1. The van der Waals surface area contributed by atoms with Crippen LogP contribution in [0.4, 0.5) is 0 Å². The largest absolute Gasteiger partial charge is 0.292 e. The zero-order valence-corrected chi connectivity index (χ0v) is 12.2. The van der Waals surface area contributed by atoms with Gasteiger partial charge in [0.25, 0.3) is 0 Å². The fourth-order valence-electron chi connectivity index (χ4n) is 1.91. The summed E-state index contributed by atoms with van der Waals surface area (Å²) in [6.07, 6.45) is 7.93. The van der Waals surface area contributed by atoms with E-state index in [2.05, 4.69) is 24.7 Å². The molecule has 16 heavy (non-hydrogen) atoms. The lowest BCUT2D eigenvalue weighted by atomic mass is 9.87. The number of nitrogens with zero attached hydrogens (tertiary/aromatic N) is 1. The van der Waals surface area contributed by atoms with Crippen LogP contribution in [0.25, 0.3) is 0 Å². The van der Waals surface area contributed by atoms with Gasteiger partial charge in [-0.25, -0.2) is 0 Å². The van der Waals surface area contributed by atoms with Crippen LogP contribution in [0, 0.1) is 24.2 Å². The standard InChI is InChI=1S/C11H19N.2C2H6/c1-4-7-12-8-5-11(6-9-12)10(2)3;2*1-2/h1,10-11H,5-9H2,2-3H3;2*1-2H3. The average Bonchev–Trinajstić information content (AvgIpc) is 2.35. The molecule has 1 aliphatic rings. The lowest BCUT2D eigenvalue weighted by Crippen LogP contribution is -2.35. The van der Waals surface area contributed by atoms with Gasteiger partial charge in [-0.15, -0.1) is 6.42 Å². The van der Waals surface area contributed by atoms with E-state index in [1.54, 1.807) is 0 Å². The quantitative estimate of drug-likeness (QED) is 0.641. The van der Waals surface area contributed by atoms with Crippen LogP contribution in [0.5, 0.6) is 0 Å². The van der Waals surface area contributed by atoms with Crippen molar-refractivity contribution in [3.63, 3.8) is 0 Å². The maximum Gasteiger partial charge on any atom is 0.0598 e. The molecule has 0 unspecified atom stereocenters. The second-order valence-electron chi connectivity index (χ2n) is 4.06. The molecule has 0 aromatic rings. The molecule has 0 atom stereocenters. The molecule has 0 spiro atoms. The second-order valence-corrected chi connectivity index (χ2v) is 4.06. The Hall–Kier alpha value is -0.480. The summed E-state index contributed by atoms with van der Waals surface area (Å²) in [5.41, 5.74) is 0. The van der Waals surface area contributed by atoms with Gasteiger partial charge in [0, 0.05) is 0 Å². The number of hydrogen-bond donors (Lipinski definition) is 0. The molecule has 1 aliphatic heterocycles. The molecule has 1 heterocycles. The second kappa shape index (κ2) is 12.6. The molecule has 0 amide bonds. The molecule has 0 N–H and O–H groups in total. The van der Waals surface area contributed by atoms with Crippen molar-refractivity contribution in [2.75, 3.05) is 19.6 Å². The minimum Gasteiger partial charge on any atom is -0.292 e. The number of likely N-dealkylation sites (tertiary alicyclic amines) is 1. The molecule has 0 aromatic carbocycles. The lowest BCUT2D eigenvalue weighted by Gasteiger charge is -2.32. The molecule has 0 aliphatic carbocycles. The van der Waals surface area contributed by atoms with Crippen molar-refractivity contribution in [2.24, 2.45) is 11.8 Å². The first-order chi connectivity index (χ1) is 7.74. The van der Waals surface area contributed by atoms with Crippen LogP contribution in [-0.2, 0) is 0 Å². The molecule has 0 aromatic heterocycles. The number of hydrogen-bond acceptors (Lipinski definition) is 1. The third kappa shape index (κ3) is 7.77. The molecule has 0 saturated carbocycles. The molecule has 1 heteroatoms. The minimum atomic E-state index is 0.838. The fourth-order valence-corrected chi connectivity index (χ4v) is 1.91. The summed E-state index contributed by atoms with van der Waals surface area (Å²) in [6.45, 7) is 15.9. The van der Waals surface area contributed by atoms with Gasteiger partial charge in [-0.3, -0.25) is 4.90 Å². The van der Waals surface area contributed by atoms with Gasteiger partial charge >= 0.3 is 0 Å². The topological polar surface area (TPSA) is 3.24 Å². The predicted molar refractivity (Wildman–Crippen MR) is 75.5 cm³/mol. The van der Waals surface area contributed by atoms with Gasteiger partial charge in [0.2, 0.25) is 0 Å². The first kappa shape index (κ1) is 17.9. The first-order valence-electron chi connectivity index (χ1n) is 6.90. The van der Waals surface area contributed by atoms with E-state index in [4.69, 9.17) is 6.42 Å². The third-order valence-corrected chi connectivity index (χ3v) is 2.89. The van der Waals surface area contributed by atoms with Gasteiger partial charge in [-0.2, -0.15) is 0 Å². The molecular formula is C15H31N. The highest BCUT2D eigenvalue weighted by Crippen LogP contribution is 2.23. The monoisotopic (exact) mass is 225 g/mol. The summed E-state index contributed by atoms with van der Waals surface area (Å²) in [5.74, 6) is 4.48. The van der Waals surface area contributed by atoms with Crippen molar-refractivity contribution >= 4 is 0 Å². The summed E-state index contributed by atoms with van der Waals surface area (Å²) < 4.78 is 0. The molecule has 1 saturated heterocycles. The Morgan fingerprint density at radius 3 is 1.88 bits per heavy atom. The van der Waals surface area contributed by atoms with E-state index in [9.17, 15) is 0 Å². The predicted octanol–water partition coefficient (Wildman–Crippen LogP) is 4.04. The number of terminal acetylenes is 1. The Kier molecular flexibility index (Phi) is 14.1. The SMILES string of the molecule is C#CCN1CCC(C(C)C)CC1.CC.CC. The van der Waals surface area contributed by atoms with E-state index in [0.29, 0.717) is 0 Å². The highest BCUT2D eigenvalue weighted by Gasteiger charge is 2.20. The van der Waals surface area contributed by atoms with Gasteiger partial charge in [-0.1, -0.05) is 47.5 Å². The van der Waals surface area contributed by atoms with Crippen molar-refractivity contribution in [2.45, 2.75) is 54.4 Å². The molecule has 0 radical (unpaired) electrons. The zero-order valence-electron chi connectivity index (χ0n) is 12.2. The Bertz CT molecular complexity index is 159. The summed E-state index contributed by atoms with van der Waals surface area (Å²) >= 11 is 0. The van der Waals surface area contributed by atoms with Crippen LogP contribution in [0.2, 0.25) is 0 Å². The summed E-state index contributed by atoms with van der Waals surface area (Å²) in [7, 11) is 0. The van der Waals surface area contributed by atoms with Crippen LogP contribution in [0.1, 0.15) is 54.4 Å². The van der Waals surface area contributed by atoms with E-state index in [0.717, 1.165) is 18.4 Å². The Morgan fingerprint density at radius 1 is 1.12 bits per heavy atom. The molecule has 96 valence electrons. The normalized spacial score (nSPS) is 16.6. The first-order valence-corrected chi connectivity index (χ1v) is 6.90. The molecule has 0 bridgehead atoms. The van der Waals surface area contributed by atoms with Crippen molar-refractivity contribution < 1.29 is 0 Å². The molecule has 1 rings (SSSR count). The fraction of sp³-hybridized carbons (Fsp3) is 0.867. The summed E-state index contributed by atoms with van der Waals surface area (Å²) in [6, 6.07) is 0. The molecule has 1 nitrogen and oxygen atoms in total. The van der Waals surface area contributed by atoms with Crippen LogP contribution in [0.3, 0.4) is 0 Å². The molecule has 1 fully saturated rings. The lowest BCUT2D eigenvalue weighted by molar-refractivity contribution is 0.173. The minimum absolute atomic E-state index is 0.838. The third-order valence-electron chi connectivity index (χ3n) is 2.89. The number of piperidine rings is 1. The van der Waals surface area contributed by atoms with Crippen LogP contribution in [-0.4, -0.2) is 24.5 Å². The van der Waals surface area contributed by atoms with Gasteiger partial charge in [-0.05, 0) is 37.8 Å². The van der Waals surface area contributed by atoms with Gasteiger partial charge in [0.1, 0.15) is 0 Å². The zero-order chi connectivity index (χ0) is 13.0. The Balaban J connectivity index is 0. The van der Waals surface area contributed by atoms with E-state index in [1.165, 1.54) is 25.9 Å². The molecular weight excluding hydrogens is 194 g/mol. The van der Waals surface area contributed by atoms with Crippen LogP contribution < -0.4 is 0 Å². The van der Waals surface area contributed by atoms with Gasteiger partial charge in [0.15, 0.2) is 0 Å². The van der Waals surface area contributed by atoms with Crippen LogP contribution >= 0.6 is 0 Å². The van der Waals surface area contributed by atoms with Crippen molar-refractivity contribution in [1.82, 2.24) is 4.90 Å². The van der Waals surface area contributed by atoms with Gasteiger partial charge < -0.3 is 0 Å². The summed E-state index contributed by atoms with van der Waals surface area (Å²) in [5, 5.41) is 0. The van der Waals surface area contributed by atoms with Crippen molar-refractivity contribution in [3.05, 3.63) is 0 Å². The number of rotatable bonds is 2. The van der Waals surface area contributed by atoms with Crippen LogP contribution in [0.15, 0.2) is 0 Å². The van der Waals surface area contributed by atoms with Crippen molar-refractivity contribution in [3.8, 4) is 12.3 Å². The Labute approximate surface area is 104 Å². The van der Waals surface area contributed by atoms with E-state index in [1.807, 2.05) is 27.7 Å². The smallest absolute Gasteiger partial charge is 0.0598 e. The maximum absolute atomic E-state index is 5.26. The summed E-state index contributed by atoms with van der Waals surface area (Å²) in [4.78, 5) is 2.37. The van der Waals surface area contributed by atoms with E-state index in [-0.39, 0.29) is 0 Å². The highest BCUT2D eigenvalue weighted by molar-refractivity contribution is 4.89. The average molecular weight is 225 g/mol. The van der Waals surface area contributed by atoms with E-state index < -0.39 is 0 Å². The maximum atomic E-state index is 5.26. The van der Waals surface area contributed by atoms with Gasteiger partial charge in [0.05, 0.1) is 6.54 Å². The van der Waals surface area contributed by atoms with Crippen molar-refractivity contribution in [1.29, 1.82) is 0 Å². The Morgan fingerprint density at radius 2 is 1.56 bits per heavy atom. The van der Waals surface area contributed by atoms with E-state index >= 15 is 0 Å².